The number of methoxy groups -OCH3 is 3. The van der Waals surface area contributed by atoms with Crippen LogP contribution in [0.1, 0.15) is 11.1 Å². The molecule has 0 atom stereocenters. The Morgan fingerprint density at radius 2 is 1.12 bits per heavy atom. The van der Waals surface area contributed by atoms with Crippen LogP contribution in [0.3, 0.4) is 0 Å². The van der Waals surface area contributed by atoms with Gasteiger partial charge in [-0.1, -0.05) is 40.6 Å². The van der Waals surface area contributed by atoms with Crippen LogP contribution in [-0.2, 0) is 29.0 Å². The van der Waals surface area contributed by atoms with Crippen LogP contribution in [0, 0.1) is 0 Å². The number of hydrogen-bond donors (Lipinski definition) is 0. The minimum atomic E-state index is -7.40. The molecule has 0 unspecified atom stereocenters. The van der Waals surface area contributed by atoms with Gasteiger partial charge in [0, 0.05) is 30.2 Å². The highest BCUT2D eigenvalue weighted by Crippen LogP contribution is 2.59. The molecule has 0 saturated heterocycles. The van der Waals surface area contributed by atoms with Gasteiger partial charge in [0.1, 0.15) is 5.75 Å². The molecule has 3 rings (SSSR count). The molecule has 0 aromatic heterocycles. The minimum Gasteiger partial charge on any atom is -0.497 e. The van der Waals surface area contributed by atoms with Crippen molar-refractivity contribution in [2.24, 2.45) is 0 Å². The first-order valence-corrected chi connectivity index (χ1v) is 15.5. The quantitative estimate of drug-likeness (QED) is 0.156. The van der Waals surface area contributed by atoms with Gasteiger partial charge in [0.2, 0.25) is 5.79 Å². The summed E-state index contributed by atoms with van der Waals surface area (Å²) in [5.74, 6) is -15.8. The van der Waals surface area contributed by atoms with E-state index in [1.54, 1.807) is 36.4 Å². The molecule has 0 N–H and O–H groups in total. The molecule has 0 amide bonds. The number of alkyl halides is 9. The monoisotopic (exact) mass is 668 g/mol. The van der Waals surface area contributed by atoms with E-state index in [1.807, 2.05) is 0 Å². The van der Waals surface area contributed by atoms with E-state index in [-0.39, 0.29) is 10.5 Å². The average Bonchev–Trinajstić information content (AvgIpc) is 2.92. The van der Waals surface area contributed by atoms with Gasteiger partial charge < -0.3 is 14.2 Å². The highest BCUT2D eigenvalue weighted by Gasteiger charge is 2.86. The van der Waals surface area contributed by atoms with E-state index in [4.69, 9.17) is 14.2 Å². The van der Waals surface area contributed by atoms with E-state index in [0.29, 0.717) is 11.3 Å². The molecule has 240 valence electrons. The summed E-state index contributed by atoms with van der Waals surface area (Å²) in [6, 6.07) is 15.4. The largest absolute Gasteiger partial charge is 0.497 e. The molecule has 6 nitrogen and oxygen atoms in total. The van der Waals surface area contributed by atoms with Crippen molar-refractivity contribution < 1.29 is 65.8 Å². The number of ether oxygens (including phenoxy) is 3. The maximum Gasteiger partial charge on any atom is 0.460 e. The van der Waals surface area contributed by atoms with Crippen LogP contribution in [0.4, 0.5) is 39.5 Å². The van der Waals surface area contributed by atoms with Gasteiger partial charge in [-0.15, -0.1) is 0 Å². The SMILES string of the molecule is COc1ccc2cc(C(OC)(OC)c3ccc(S(C)(C)OS(=O)(=O)C(F)(F)C(F)(F)C(F)(F)C(F)(F)F)cc3)ccc2c1. The Morgan fingerprint density at radius 3 is 1.60 bits per heavy atom. The molecule has 3 aromatic rings. The summed E-state index contributed by atoms with van der Waals surface area (Å²) in [4.78, 5) is -0.187. The van der Waals surface area contributed by atoms with Crippen molar-refractivity contribution in [1.82, 2.24) is 0 Å². The van der Waals surface area contributed by atoms with Gasteiger partial charge in [-0.05, 0) is 53.6 Å². The van der Waals surface area contributed by atoms with Gasteiger partial charge in [-0.2, -0.15) is 47.9 Å². The first-order chi connectivity index (χ1) is 19.5. The smallest absolute Gasteiger partial charge is 0.460 e. The van der Waals surface area contributed by atoms with Crippen LogP contribution in [0.5, 0.6) is 5.75 Å². The zero-order valence-corrected chi connectivity index (χ0v) is 24.6. The Balaban J connectivity index is 1.98. The third-order valence-electron chi connectivity index (χ3n) is 6.49. The standard InChI is InChI=1S/C26H25F9O6S2/c1-38-20-11-7-16-14-19(8-6-17(16)15-20)22(39-2,40-3)18-9-12-21(13-10-18)42(4,5)41-43(36,37)26(34,35)24(29,30)23(27,28)25(31,32)33/h6-15H,1-5H3. The van der Waals surface area contributed by atoms with Crippen LogP contribution < -0.4 is 4.74 Å². The summed E-state index contributed by atoms with van der Waals surface area (Å²) in [6.45, 7) is 0. The second-order valence-electron chi connectivity index (χ2n) is 9.40. The van der Waals surface area contributed by atoms with Gasteiger partial charge in [0.25, 0.3) is 0 Å². The second kappa shape index (κ2) is 11.3. The van der Waals surface area contributed by atoms with Crippen molar-refractivity contribution in [2.75, 3.05) is 33.8 Å². The van der Waals surface area contributed by atoms with E-state index >= 15 is 0 Å². The molecule has 0 heterocycles. The Kier molecular flexibility index (Phi) is 9.15. The van der Waals surface area contributed by atoms with Crippen molar-refractivity contribution >= 4 is 31.2 Å². The summed E-state index contributed by atoms with van der Waals surface area (Å²) >= 11 is 0. The van der Waals surface area contributed by atoms with E-state index in [9.17, 15) is 47.9 Å². The predicted molar refractivity (Wildman–Crippen MR) is 140 cm³/mol. The summed E-state index contributed by atoms with van der Waals surface area (Å²) in [5.41, 5.74) is 0.773. The Morgan fingerprint density at radius 1 is 0.628 bits per heavy atom. The first-order valence-electron chi connectivity index (χ1n) is 11.7. The molecule has 17 heteroatoms. The lowest BCUT2D eigenvalue weighted by Crippen LogP contribution is -2.63. The van der Waals surface area contributed by atoms with Gasteiger partial charge in [-0.25, -0.2) is 3.63 Å². The number of rotatable bonds is 11. The van der Waals surface area contributed by atoms with E-state index in [0.717, 1.165) is 35.4 Å². The van der Waals surface area contributed by atoms with Gasteiger partial charge >= 0.3 is 33.4 Å². The molecule has 0 spiro atoms. The number of fused-ring (bicyclic) bond motifs is 1. The number of benzene rings is 3. The Labute approximate surface area is 242 Å². The molecular weight excluding hydrogens is 643 g/mol. The average molecular weight is 669 g/mol. The fourth-order valence-electron chi connectivity index (χ4n) is 4.10. The Bertz CT molecular complexity index is 1570. The van der Waals surface area contributed by atoms with Crippen molar-refractivity contribution in [3.05, 3.63) is 71.8 Å². The molecule has 0 fully saturated rings. The van der Waals surface area contributed by atoms with Crippen molar-refractivity contribution in [1.29, 1.82) is 0 Å². The van der Waals surface area contributed by atoms with Crippen molar-refractivity contribution in [3.8, 4) is 5.75 Å². The molecule has 0 radical (unpaired) electrons. The minimum absolute atomic E-state index is 0.187. The molecule has 0 aliphatic heterocycles. The fraction of sp³-hybridized carbons (Fsp3) is 0.385. The van der Waals surface area contributed by atoms with Crippen LogP contribution in [0.15, 0.2) is 65.6 Å². The van der Waals surface area contributed by atoms with Crippen LogP contribution in [0.25, 0.3) is 10.8 Å². The zero-order chi connectivity index (χ0) is 32.9. The lowest BCUT2D eigenvalue weighted by Gasteiger charge is -2.36. The topological polar surface area (TPSA) is 71.1 Å². The Hall–Kier alpha value is -2.73. The summed E-state index contributed by atoms with van der Waals surface area (Å²) in [5, 5.41) is -5.38. The third kappa shape index (κ3) is 5.77. The lowest BCUT2D eigenvalue weighted by molar-refractivity contribution is -0.382. The maximum absolute atomic E-state index is 14.2. The second-order valence-corrected chi connectivity index (χ2v) is 14.3. The summed E-state index contributed by atoms with van der Waals surface area (Å²) < 4.78 is 165. The molecule has 3 aromatic carbocycles. The van der Waals surface area contributed by atoms with E-state index in [1.165, 1.54) is 33.5 Å². The number of hydrogen-bond acceptors (Lipinski definition) is 6. The first kappa shape index (κ1) is 34.8. The molecule has 0 aliphatic rings. The van der Waals surface area contributed by atoms with E-state index in [2.05, 4.69) is 3.63 Å². The van der Waals surface area contributed by atoms with Crippen LogP contribution in [-0.4, -0.2) is 65.5 Å². The fourth-order valence-corrected chi connectivity index (χ4v) is 7.78. The van der Waals surface area contributed by atoms with Crippen LogP contribution >= 0.6 is 10.3 Å². The van der Waals surface area contributed by atoms with E-state index < -0.39 is 49.5 Å². The van der Waals surface area contributed by atoms with Gasteiger partial charge in [0.15, 0.2) is 0 Å². The number of halogens is 9. The van der Waals surface area contributed by atoms with Gasteiger partial charge in [-0.3, -0.25) is 0 Å². The maximum atomic E-state index is 14.2. The molecule has 0 saturated carbocycles. The summed E-state index contributed by atoms with van der Waals surface area (Å²) in [6.07, 6.45) is -5.43. The summed E-state index contributed by atoms with van der Waals surface area (Å²) in [7, 11) is -6.46. The third-order valence-corrected chi connectivity index (χ3v) is 10.9. The predicted octanol–water partition coefficient (Wildman–Crippen LogP) is 7.45. The van der Waals surface area contributed by atoms with Crippen molar-refractivity contribution in [2.45, 2.75) is 34.0 Å². The van der Waals surface area contributed by atoms with Crippen LogP contribution in [0.2, 0.25) is 0 Å². The molecular formula is C26H25F9O6S2. The zero-order valence-electron chi connectivity index (χ0n) is 22.9. The molecule has 43 heavy (non-hydrogen) atoms. The lowest BCUT2D eigenvalue weighted by atomic mass is 9.94. The normalized spacial score (nSPS) is 14.7. The highest BCUT2D eigenvalue weighted by molar-refractivity contribution is 8.32. The van der Waals surface area contributed by atoms with Gasteiger partial charge in [0.05, 0.1) is 7.11 Å². The van der Waals surface area contributed by atoms with Crippen molar-refractivity contribution in [3.63, 3.8) is 0 Å². The highest BCUT2D eigenvalue weighted by atomic mass is 32.3. The molecule has 0 aliphatic carbocycles. The molecule has 0 bridgehead atoms.